The molecule has 1 N–H and O–H groups in total. The van der Waals surface area contributed by atoms with Crippen LogP contribution in [0.15, 0.2) is 72.0 Å². The highest BCUT2D eigenvalue weighted by atomic mass is 16.5. The monoisotopic (exact) mass is 425 g/mol. The van der Waals surface area contributed by atoms with E-state index in [1.54, 1.807) is 48.7 Å². The van der Waals surface area contributed by atoms with Gasteiger partial charge in [-0.05, 0) is 55.0 Å². The number of carbonyl (C=O) groups excluding carboxylic acids is 2. The van der Waals surface area contributed by atoms with Crippen molar-refractivity contribution in [3.05, 3.63) is 78.0 Å². The second kappa shape index (κ2) is 9.10. The Morgan fingerprint density at radius 3 is 2.69 bits per heavy atom. The summed E-state index contributed by atoms with van der Waals surface area (Å²) < 4.78 is 5.72. The Kier molecular flexibility index (Phi) is 5.90. The molecule has 0 bridgehead atoms. The van der Waals surface area contributed by atoms with Gasteiger partial charge in [0.25, 0.3) is 5.91 Å². The van der Waals surface area contributed by atoms with E-state index in [0.29, 0.717) is 22.7 Å². The molecule has 0 atom stereocenters. The number of anilines is 2. The molecule has 0 aliphatic carbocycles. The van der Waals surface area contributed by atoms with Crippen LogP contribution in [0.25, 0.3) is 0 Å². The predicted octanol–water partition coefficient (Wildman–Crippen LogP) is 4.18. The topological polar surface area (TPSA) is 108 Å². The predicted molar refractivity (Wildman–Crippen MR) is 119 cm³/mol. The SMILES string of the molecule is Cc1cc(Oc2ncccc2C#N)ccc1NC(=O)C1=NN(c2ccccc2)C(=O)CC1. The summed E-state index contributed by atoms with van der Waals surface area (Å²) in [4.78, 5) is 29.1. The summed E-state index contributed by atoms with van der Waals surface area (Å²) in [5.41, 5.74) is 2.58. The second-order valence-corrected chi connectivity index (χ2v) is 7.09. The first-order valence-electron chi connectivity index (χ1n) is 9.95. The second-order valence-electron chi connectivity index (χ2n) is 7.09. The Balaban J connectivity index is 1.50. The van der Waals surface area contributed by atoms with E-state index in [0.717, 1.165) is 5.56 Å². The number of ether oxygens (including phenoxy) is 1. The van der Waals surface area contributed by atoms with E-state index in [9.17, 15) is 14.9 Å². The molecule has 158 valence electrons. The van der Waals surface area contributed by atoms with Crippen LogP contribution in [-0.2, 0) is 9.59 Å². The number of benzene rings is 2. The molecule has 0 spiro atoms. The maximum Gasteiger partial charge on any atom is 0.271 e. The highest BCUT2D eigenvalue weighted by Crippen LogP contribution is 2.27. The van der Waals surface area contributed by atoms with Crippen LogP contribution in [0, 0.1) is 18.3 Å². The molecule has 0 saturated carbocycles. The van der Waals surface area contributed by atoms with E-state index in [1.807, 2.05) is 31.2 Å². The largest absolute Gasteiger partial charge is 0.438 e. The van der Waals surface area contributed by atoms with Crippen LogP contribution < -0.4 is 15.1 Å². The Morgan fingerprint density at radius 1 is 1.12 bits per heavy atom. The number of aryl methyl sites for hydroxylation is 1. The van der Waals surface area contributed by atoms with Crippen LogP contribution in [0.2, 0.25) is 0 Å². The van der Waals surface area contributed by atoms with E-state index < -0.39 is 0 Å². The Bertz CT molecular complexity index is 1250. The minimum Gasteiger partial charge on any atom is -0.438 e. The lowest BCUT2D eigenvalue weighted by atomic mass is 10.1. The van der Waals surface area contributed by atoms with Crippen molar-refractivity contribution in [2.45, 2.75) is 19.8 Å². The third kappa shape index (κ3) is 4.47. The molecule has 32 heavy (non-hydrogen) atoms. The van der Waals surface area contributed by atoms with Gasteiger partial charge in [-0.2, -0.15) is 10.4 Å². The minimum absolute atomic E-state index is 0.156. The number of para-hydroxylation sites is 1. The number of nitrogens with zero attached hydrogens (tertiary/aromatic N) is 4. The molecular weight excluding hydrogens is 406 g/mol. The average molecular weight is 425 g/mol. The fourth-order valence-corrected chi connectivity index (χ4v) is 3.19. The van der Waals surface area contributed by atoms with Crippen LogP contribution in [0.5, 0.6) is 11.6 Å². The molecule has 1 aromatic heterocycles. The molecule has 1 aliphatic heterocycles. The van der Waals surface area contributed by atoms with Crippen molar-refractivity contribution in [1.29, 1.82) is 5.26 Å². The summed E-state index contributed by atoms with van der Waals surface area (Å²) >= 11 is 0. The standard InChI is InChI=1S/C24H19N5O3/c1-16-14-19(32-24-17(15-25)6-5-13-26-24)9-10-20(16)27-23(31)21-11-12-22(30)29(28-21)18-7-3-2-4-8-18/h2-10,13-14H,11-12H2,1H3,(H,27,31). The molecule has 0 saturated heterocycles. The Morgan fingerprint density at radius 2 is 1.94 bits per heavy atom. The summed E-state index contributed by atoms with van der Waals surface area (Å²) in [5, 5.41) is 17.6. The molecule has 4 rings (SSSR count). The summed E-state index contributed by atoms with van der Waals surface area (Å²) in [6, 6.07) is 19.5. The van der Waals surface area contributed by atoms with Gasteiger partial charge in [0.1, 0.15) is 23.1 Å². The molecule has 0 fully saturated rings. The van der Waals surface area contributed by atoms with E-state index in [-0.39, 0.29) is 36.2 Å². The van der Waals surface area contributed by atoms with Crippen LogP contribution in [0.3, 0.4) is 0 Å². The zero-order chi connectivity index (χ0) is 22.5. The zero-order valence-corrected chi connectivity index (χ0v) is 17.3. The number of aromatic nitrogens is 1. The number of hydrazone groups is 1. The lowest BCUT2D eigenvalue weighted by Gasteiger charge is -2.23. The lowest BCUT2D eigenvalue weighted by Crippen LogP contribution is -2.36. The molecule has 1 aliphatic rings. The van der Waals surface area contributed by atoms with Crippen molar-refractivity contribution < 1.29 is 14.3 Å². The van der Waals surface area contributed by atoms with Gasteiger partial charge in [-0.3, -0.25) is 9.59 Å². The third-order valence-corrected chi connectivity index (χ3v) is 4.85. The van der Waals surface area contributed by atoms with E-state index >= 15 is 0 Å². The van der Waals surface area contributed by atoms with Gasteiger partial charge >= 0.3 is 0 Å². The molecule has 0 radical (unpaired) electrons. The first-order valence-corrected chi connectivity index (χ1v) is 9.95. The first-order chi connectivity index (χ1) is 15.5. The number of nitriles is 1. The normalized spacial score (nSPS) is 13.2. The highest BCUT2D eigenvalue weighted by molar-refractivity contribution is 6.44. The van der Waals surface area contributed by atoms with E-state index in [2.05, 4.69) is 15.4 Å². The molecule has 2 amide bonds. The number of amides is 2. The minimum atomic E-state index is -0.369. The number of nitrogens with one attached hydrogen (secondary N) is 1. The summed E-state index contributed by atoms with van der Waals surface area (Å²) in [7, 11) is 0. The maximum absolute atomic E-state index is 12.8. The number of hydrogen-bond acceptors (Lipinski definition) is 6. The molecule has 0 unspecified atom stereocenters. The summed E-state index contributed by atoms with van der Waals surface area (Å²) in [6.45, 7) is 1.83. The van der Waals surface area contributed by atoms with Gasteiger partial charge in [-0.25, -0.2) is 9.99 Å². The third-order valence-electron chi connectivity index (χ3n) is 4.85. The molecule has 8 heteroatoms. The lowest BCUT2D eigenvalue weighted by molar-refractivity contribution is -0.118. The maximum atomic E-state index is 12.8. The van der Waals surface area contributed by atoms with Gasteiger partial charge < -0.3 is 10.1 Å². The van der Waals surface area contributed by atoms with Gasteiger partial charge in [-0.15, -0.1) is 0 Å². The molecular formula is C24H19N5O3. The van der Waals surface area contributed by atoms with Crippen LogP contribution in [0.1, 0.15) is 24.0 Å². The van der Waals surface area contributed by atoms with Gasteiger partial charge in [-0.1, -0.05) is 18.2 Å². The number of carbonyl (C=O) groups is 2. The van der Waals surface area contributed by atoms with Gasteiger partial charge in [0, 0.05) is 24.7 Å². The van der Waals surface area contributed by atoms with Crippen molar-refractivity contribution in [1.82, 2.24) is 4.98 Å². The quantitative estimate of drug-likeness (QED) is 0.660. The van der Waals surface area contributed by atoms with E-state index in [1.165, 1.54) is 5.01 Å². The van der Waals surface area contributed by atoms with Crippen molar-refractivity contribution in [2.24, 2.45) is 5.10 Å². The fraction of sp³-hybridized carbons (Fsp3) is 0.125. The molecule has 3 aromatic rings. The molecule has 2 aromatic carbocycles. The van der Waals surface area contributed by atoms with Crippen LogP contribution in [-0.4, -0.2) is 22.5 Å². The van der Waals surface area contributed by atoms with Gasteiger partial charge in [0.2, 0.25) is 11.8 Å². The Labute approximate surface area is 184 Å². The van der Waals surface area contributed by atoms with Crippen LogP contribution >= 0.6 is 0 Å². The van der Waals surface area contributed by atoms with Crippen molar-refractivity contribution >= 4 is 28.9 Å². The molecule has 2 heterocycles. The summed E-state index contributed by atoms with van der Waals surface area (Å²) in [6.07, 6.45) is 2.02. The summed E-state index contributed by atoms with van der Waals surface area (Å²) in [5.74, 6) is 0.184. The fourth-order valence-electron chi connectivity index (χ4n) is 3.19. The van der Waals surface area contributed by atoms with Crippen molar-refractivity contribution in [3.8, 4) is 17.7 Å². The van der Waals surface area contributed by atoms with Crippen LogP contribution in [0.4, 0.5) is 11.4 Å². The Hall–Kier alpha value is -4.51. The smallest absolute Gasteiger partial charge is 0.271 e. The highest BCUT2D eigenvalue weighted by Gasteiger charge is 2.25. The number of rotatable bonds is 5. The molecule has 8 nitrogen and oxygen atoms in total. The van der Waals surface area contributed by atoms with Gasteiger partial charge in [0.05, 0.1) is 5.69 Å². The van der Waals surface area contributed by atoms with E-state index in [4.69, 9.17) is 4.74 Å². The number of pyridine rings is 1. The zero-order valence-electron chi connectivity index (χ0n) is 17.3. The number of hydrogen-bond donors (Lipinski definition) is 1. The van der Waals surface area contributed by atoms with Gasteiger partial charge in [0.15, 0.2) is 0 Å². The van der Waals surface area contributed by atoms with Crippen molar-refractivity contribution in [2.75, 3.05) is 10.3 Å². The first kappa shape index (κ1) is 20.8. The van der Waals surface area contributed by atoms with Crippen molar-refractivity contribution in [3.63, 3.8) is 0 Å². The average Bonchev–Trinajstić information content (AvgIpc) is 2.82.